The Morgan fingerprint density at radius 2 is 2.17 bits per heavy atom. The van der Waals surface area contributed by atoms with Crippen molar-refractivity contribution in [3.63, 3.8) is 0 Å². The maximum absolute atomic E-state index is 12.9. The number of benzene rings is 1. The fourth-order valence-corrected chi connectivity index (χ4v) is 4.60. The van der Waals surface area contributed by atoms with Gasteiger partial charge in [-0.25, -0.2) is 8.42 Å². The summed E-state index contributed by atoms with van der Waals surface area (Å²) in [6.45, 7) is 1.91. The van der Waals surface area contributed by atoms with Gasteiger partial charge in [0.25, 0.3) is 5.69 Å². The molecule has 0 saturated carbocycles. The molecule has 0 N–H and O–H groups in total. The Kier molecular flexibility index (Phi) is 3.90. The zero-order valence-corrected chi connectivity index (χ0v) is 13.2. The Morgan fingerprint density at radius 3 is 2.78 bits per heavy atom. The van der Waals surface area contributed by atoms with Crippen molar-refractivity contribution >= 4 is 15.7 Å². The van der Waals surface area contributed by atoms with Crippen LogP contribution in [0.3, 0.4) is 0 Å². The average Bonchev–Trinajstić information content (AvgIpc) is 3.17. The first-order valence-electron chi connectivity index (χ1n) is 7.08. The summed E-state index contributed by atoms with van der Waals surface area (Å²) in [7, 11) is -3.75. The van der Waals surface area contributed by atoms with Crippen LogP contribution in [0.2, 0.25) is 0 Å². The van der Waals surface area contributed by atoms with Crippen molar-refractivity contribution in [2.24, 2.45) is 0 Å². The second-order valence-corrected chi connectivity index (χ2v) is 7.29. The predicted molar refractivity (Wildman–Crippen MR) is 80.2 cm³/mol. The molecule has 0 radical (unpaired) electrons. The Labute approximate surface area is 132 Å². The summed E-state index contributed by atoms with van der Waals surface area (Å²) in [5, 5.41) is 14.7. The Bertz CT molecular complexity index is 832. The monoisotopic (exact) mass is 337 g/mol. The molecule has 1 fully saturated rings. The molecular formula is C14H15N3O5S. The van der Waals surface area contributed by atoms with Gasteiger partial charge in [-0.2, -0.15) is 4.31 Å². The Hall–Kier alpha value is -2.26. The van der Waals surface area contributed by atoms with Crippen molar-refractivity contribution in [1.29, 1.82) is 0 Å². The lowest BCUT2D eigenvalue weighted by molar-refractivity contribution is -0.385. The molecule has 2 heterocycles. The van der Waals surface area contributed by atoms with E-state index in [4.69, 9.17) is 4.52 Å². The van der Waals surface area contributed by atoms with Crippen LogP contribution in [-0.2, 0) is 10.0 Å². The first kappa shape index (κ1) is 15.6. The minimum absolute atomic E-state index is 0.0518. The molecular weight excluding hydrogens is 322 g/mol. The number of hydrogen-bond acceptors (Lipinski definition) is 6. The summed E-state index contributed by atoms with van der Waals surface area (Å²) < 4.78 is 31.9. The van der Waals surface area contributed by atoms with Gasteiger partial charge >= 0.3 is 0 Å². The molecule has 1 aliphatic rings. The topological polar surface area (TPSA) is 107 Å². The molecule has 9 heteroatoms. The van der Waals surface area contributed by atoms with Crippen LogP contribution in [0.25, 0.3) is 0 Å². The number of nitrogens with zero attached hydrogens (tertiary/aromatic N) is 3. The third kappa shape index (κ3) is 2.73. The van der Waals surface area contributed by atoms with Gasteiger partial charge in [0.1, 0.15) is 12.0 Å². The Balaban J connectivity index is 1.98. The van der Waals surface area contributed by atoms with Gasteiger partial charge in [-0.05, 0) is 31.9 Å². The molecule has 1 aromatic heterocycles. The number of rotatable bonds is 4. The van der Waals surface area contributed by atoms with E-state index in [9.17, 15) is 18.5 Å². The molecule has 0 bridgehead atoms. The highest BCUT2D eigenvalue weighted by Gasteiger charge is 2.37. The molecule has 0 aliphatic carbocycles. The van der Waals surface area contributed by atoms with Crippen LogP contribution in [0.4, 0.5) is 5.69 Å². The Morgan fingerprint density at radius 1 is 1.39 bits per heavy atom. The van der Waals surface area contributed by atoms with Crippen molar-refractivity contribution < 1.29 is 17.9 Å². The number of nitro benzene ring substituents is 1. The van der Waals surface area contributed by atoms with Crippen LogP contribution in [0.15, 0.2) is 39.9 Å². The van der Waals surface area contributed by atoms with Crippen molar-refractivity contribution in [3.05, 3.63) is 51.9 Å². The summed E-state index contributed by atoms with van der Waals surface area (Å²) in [6, 6.07) is 5.13. The zero-order chi connectivity index (χ0) is 16.6. The highest BCUT2D eigenvalue weighted by molar-refractivity contribution is 7.89. The van der Waals surface area contributed by atoms with E-state index in [1.165, 1.54) is 35.7 Å². The minimum Gasteiger partial charge on any atom is -0.364 e. The van der Waals surface area contributed by atoms with Crippen LogP contribution in [0, 0.1) is 17.0 Å². The number of nitro groups is 1. The van der Waals surface area contributed by atoms with Crippen molar-refractivity contribution in [1.82, 2.24) is 9.46 Å². The lowest BCUT2D eigenvalue weighted by Gasteiger charge is -2.22. The summed E-state index contributed by atoms with van der Waals surface area (Å²) in [5.74, 6) is 0. The van der Waals surface area contributed by atoms with Gasteiger partial charge in [0.2, 0.25) is 10.0 Å². The highest BCUT2D eigenvalue weighted by Crippen LogP contribution is 2.36. The lowest BCUT2D eigenvalue weighted by atomic mass is 10.2. The van der Waals surface area contributed by atoms with E-state index in [1.54, 1.807) is 6.07 Å². The second kappa shape index (κ2) is 5.74. The summed E-state index contributed by atoms with van der Waals surface area (Å²) in [6.07, 6.45) is 2.80. The SMILES string of the molecule is Cc1cc(S(=O)(=O)N2CCC[C@@H]2c2ccon2)ccc1[N+](=O)[O-]. The summed E-state index contributed by atoms with van der Waals surface area (Å²) in [5.41, 5.74) is 0.788. The van der Waals surface area contributed by atoms with E-state index >= 15 is 0 Å². The molecule has 1 aromatic carbocycles. The predicted octanol–water partition coefficient (Wildman–Crippen LogP) is 2.42. The molecule has 1 saturated heterocycles. The number of aryl methyl sites for hydroxylation is 1. The normalized spacial score (nSPS) is 19.1. The average molecular weight is 337 g/mol. The summed E-state index contributed by atoms with van der Waals surface area (Å²) >= 11 is 0. The van der Waals surface area contributed by atoms with Crippen LogP contribution in [0.1, 0.15) is 30.1 Å². The lowest BCUT2D eigenvalue weighted by Crippen LogP contribution is -2.30. The number of sulfonamides is 1. The largest absolute Gasteiger partial charge is 0.364 e. The first-order chi connectivity index (χ1) is 10.9. The third-order valence-corrected chi connectivity index (χ3v) is 5.88. The van der Waals surface area contributed by atoms with Crippen molar-refractivity contribution in [2.45, 2.75) is 30.7 Å². The van der Waals surface area contributed by atoms with Gasteiger partial charge in [-0.3, -0.25) is 10.1 Å². The molecule has 3 rings (SSSR count). The fraction of sp³-hybridized carbons (Fsp3) is 0.357. The van der Waals surface area contributed by atoms with Crippen LogP contribution >= 0.6 is 0 Å². The van der Waals surface area contributed by atoms with Crippen LogP contribution in [0.5, 0.6) is 0 Å². The molecule has 1 atom stereocenters. The van der Waals surface area contributed by atoms with Crippen LogP contribution < -0.4 is 0 Å². The van der Waals surface area contributed by atoms with Crippen molar-refractivity contribution in [3.8, 4) is 0 Å². The smallest absolute Gasteiger partial charge is 0.272 e. The van der Waals surface area contributed by atoms with Crippen molar-refractivity contribution in [2.75, 3.05) is 6.54 Å². The maximum Gasteiger partial charge on any atom is 0.272 e. The van der Waals surface area contributed by atoms with Crippen LogP contribution in [-0.4, -0.2) is 29.3 Å². The highest BCUT2D eigenvalue weighted by atomic mass is 32.2. The molecule has 0 amide bonds. The van der Waals surface area contributed by atoms with E-state index in [0.29, 0.717) is 24.2 Å². The second-order valence-electron chi connectivity index (χ2n) is 5.40. The van der Waals surface area contributed by atoms with E-state index in [-0.39, 0.29) is 16.6 Å². The number of aromatic nitrogens is 1. The fourth-order valence-electron chi connectivity index (χ4n) is 2.85. The minimum atomic E-state index is -3.75. The van der Waals surface area contributed by atoms with E-state index in [2.05, 4.69) is 5.16 Å². The van der Waals surface area contributed by atoms with Gasteiger partial charge in [-0.1, -0.05) is 5.16 Å². The molecule has 122 valence electrons. The molecule has 8 nitrogen and oxygen atoms in total. The number of hydrogen-bond donors (Lipinski definition) is 0. The summed E-state index contributed by atoms with van der Waals surface area (Å²) in [4.78, 5) is 10.4. The van der Waals surface area contributed by atoms with Gasteiger partial charge in [-0.15, -0.1) is 0 Å². The van der Waals surface area contributed by atoms with Gasteiger partial charge in [0.15, 0.2) is 0 Å². The molecule has 1 aliphatic heterocycles. The van der Waals surface area contributed by atoms with Gasteiger partial charge in [0, 0.05) is 24.2 Å². The van der Waals surface area contributed by atoms with E-state index < -0.39 is 14.9 Å². The molecule has 23 heavy (non-hydrogen) atoms. The first-order valence-corrected chi connectivity index (χ1v) is 8.52. The standard InChI is InChI=1S/C14H15N3O5S/c1-10-9-11(4-5-13(10)17(18)19)23(20,21)16-7-2-3-14(16)12-6-8-22-15-12/h4-6,8-9,14H,2-3,7H2,1H3/t14-/m1/s1. The zero-order valence-electron chi connectivity index (χ0n) is 12.4. The van der Waals surface area contributed by atoms with Gasteiger partial charge in [0.05, 0.1) is 15.9 Å². The molecule has 0 spiro atoms. The maximum atomic E-state index is 12.9. The quantitative estimate of drug-likeness (QED) is 0.626. The third-order valence-electron chi connectivity index (χ3n) is 3.97. The molecule has 2 aromatic rings. The van der Waals surface area contributed by atoms with E-state index in [1.807, 2.05) is 0 Å². The van der Waals surface area contributed by atoms with Gasteiger partial charge < -0.3 is 4.52 Å². The van der Waals surface area contributed by atoms with E-state index in [0.717, 1.165) is 6.42 Å². The molecule has 0 unspecified atom stereocenters.